The number of aliphatic carboxylic acids is 1. The summed E-state index contributed by atoms with van der Waals surface area (Å²) in [5, 5.41) is 9.40. The molecule has 10 heteroatoms. The van der Waals surface area contributed by atoms with E-state index in [0.717, 1.165) is 5.56 Å². The topological polar surface area (TPSA) is 148 Å². The predicted molar refractivity (Wildman–Crippen MR) is 141 cm³/mol. The van der Waals surface area contributed by atoms with Crippen molar-refractivity contribution < 1.29 is 24.2 Å². The number of benzene rings is 3. The zero-order valence-corrected chi connectivity index (χ0v) is 20.7. The van der Waals surface area contributed by atoms with Gasteiger partial charge in [0.05, 0.1) is 17.7 Å². The van der Waals surface area contributed by atoms with E-state index in [1.165, 1.54) is 23.1 Å². The van der Waals surface area contributed by atoms with E-state index >= 15 is 0 Å². The first kappa shape index (κ1) is 27.2. The van der Waals surface area contributed by atoms with Crippen molar-refractivity contribution in [3.63, 3.8) is 0 Å². The summed E-state index contributed by atoms with van der Waals surface area (Å²) in [5.74, 6) is -1.56. The zero-order chi connectivity index (χ0) is 26.8. The van der Waals surface area contributed by atoms with E-state index < -0.39 is 11.9 Å². The standard InChI is InChI=1S/C27H27ClN4O5/c28-23-16-22(37-26(36)20-6-10-21(11-7-20)31-27(29)30)12-8-19(23)9-13-24(33)32(15-14-25(34)35)17-18-4-2-1-3-5-18/h1-8,10-12,16H,9,13-15,17H2,(H,34,35)(H4,29,30,31). The van der Waals surface area contributed by atoms with Gasteiger partial charge < -0.3 is 26.2 Å². The number of guanidine groups is 1. The Bertz CT molecular complexity index is 1280. The van der Waals surface area contributed by atoms with E-state index in [1.807, 2.05) is 30.3 Å². The van der Waals surface area contributed by atoms with Crippen molar-refractivity contribution in [3.05, 3.63) is 94.5 Å². The van der Waals surface area contributed by atoms with Crippen molar-refractivity contribution in [1.82, 2.24) is 4.90 Å². The number of nitrogens with two attached hydrogens (primary N) is 2. The van der Waals surface area contributed by atoms with Crippen molar-refractivity contribution in [3.8, 4) is 5.75 Å². The number of amides is 1. The third-order valence-electron chi connectivity index (χ3n) is 5.37. The average Bonchev–Trinajstić information content (AvgIpc) is 2.86. The first-order chi connectivity index (χ1) is 17.7. The fourth-order valence-corrected chi connectivity index (χ4v) is 3.77. The lowest BCUT2D eigenvalue weighted by atomic mass is 10.1. The number of hydrogen-bond acceptors (Lipinski definition) is 5. The fourth-order valence-electron chi connectivity index (χ4n) is 3.51. The van der Waals surface area contributed by atoms with Crippen molar-refractivity contribution in [2.24, 2.45) is 16.5 Å². The maximum atomic E-state index is 12.9. The Balaban J connectivity index is 1.60. The van der Waals surface area contributed by atoms with Crippen LogP contribution in [0.25, 0.3) is 0 Å². The average molecular weight is 523 g/mol. The lowest BCUT2D eigenvalue weighted by Gasteiger charge is -2.22. The lowest BCUT2D eigenvalue weighted by molar-refractivity contribution is -0.138. The van der Waals surface area contributed by atoms with Gasteiger partial charge in [0.1, 0.15) is 5.75 Å². The number of carbonyl (C=O) groups excluding carboxylic acids is 2. The van der Waals surface area contributed by atoms with E-state index in [2.05, 4.69) is 4.99 Å². The van der Waals surface area contributed by atoms with Gasteiger partial charge in [0.2, 0.25) is 5.91 Å². The van der Waals surface area contributed by atoms with Gasteiger partial charge in [0, 0.05) is 24.5 Å². The maximum absolute atomic E-state index is 12.9. The number of rotatable bonds is 11. The number of carbonyl (C=O) groups is 3. The maximum Gasteiger partial charge on any atom is 0.343 e. The predicted octanol–water partition coefficient (Wildman–Crippen LogP) is 3.90. The molecule has 0 fully saturated rings. The van der Waals surface area contributed by atoms with Crippen LogP contribution in [0.2, 0.25) is 5.02 Å². The van der Waals surface area contributed by atoms with Gasteiger partial charge in [0.15, 0.2) is 5.96 Å². The van der Waals surface area contributed by atoms with Crippen molar-refractivity contribution in [2.45, 2.75) is 25.8 Å². The van der Waals surface area contributed by atoms with Crippen LogP contribution < -0.4 is 16.2 Å². The molecule has 0 radical (unpaired) electrons. The molecule has 0 spiro atoms. The molecule has 0 aliphatic rings. The Morgan fingerprint density at radius 3 is 2.27 bits per heavy atom. The minimum absolute atomic E-state index is 0.0871. The minimum Gasteiger partial charge on any atom is -0.481 e. The van der Waals surface area contributed by atoms with Crippen LogP contribution in [0.5, 0.6) is 5.75 Å². The molecule has 0 bridgehead atoms. The number of nitrogens with zero attached hydrogens (tertiary/aromatic N) is 2. The van der Waals surface area contributed by atoms with Crippen molar-refractivity contribution in [1.29, 1.82) is 0 Å². The molecule has 0 saturated carbocycles. The molecule has 0 heterocycles. The Labute approximate surface area is 219 Å². The third kappa shape index (κ3) is 8.66. The van der Waals surface area contributed by atoms with Gasteiger partial charge in [-0.25, -0.2) is 9.79 Å². The summed E-state index contributed by atoms with van der Waals surface area (Å²) >= 11 is 6.39. The quantitative estimate of drug-likeness (QED) is 0.150. The smallest absolute Gasteiger partial charge is 0.343 e. The first-order valence-electron chi connectivity index (χ1n) is 11.4. The third-order valence-corrected chi connectivity index (χ3v) is 5.72. The Kier molecular flexibility index (Phi) is 9.62. The number of carboxylic acids is 1. The number of aryl methyl sites for hydroxylation is 1. The number of hydrogen-bond donors (Lipinski definition) is 3. The molecule has 0 aliphatic carbocycles. The Morgan fingerprint density at radius 1 is 0.946 bits per heavy atom. The summed E-state index contributed by atoms with van der Waals surface area (Å²) in [6, 6.07) is 20.4. The summed E-state index contributed by atoms with van der Waals surface area (Å²) in [4.78, 5) is 41.8. The molecule has 1 amide bonds. The summed E-state index contributed by atoms with van der Waals surface area (Å²) in [7, 11) is 0. The second-order valence-corrected chi connectivity index (χ2v) is 8.58. The molecule has 5 N–H and O–H groups in total. The number of carboxylic acid groups (broad SMARTS) is 1. The van der Waals surface area contributed by atoms with Gasteiger partial charge in [-0.1, -0.05) is 48.0 Å². The summed E-state index contributed by atoms with van der Waals surface area (Å²) in [5.41, 5.74) is 13.1. The van der Waals surface area contributed by atoms with E-state index in [-0.39, 0.29) is 37.0 Å². The highest BCUT2D eigenvalue weighted by Gasteiger charge is 2.17. The van der Waals surface area contributed by atoms with Gasteiger partial charge in [-0.15, -0.1) is 0 Å². The van der Waals surface area contributed by atoms with Crippen LogP contribution >= 0.6 is 11.6 Å². The van der Waals surface area contributed by atoms with Gasteiger partial charge in [0.25, 0.3) is 0 Å². The van der Waals surface area contributed by atoms with Crippen LogP contribution in [-0.4, -0.2) is 40.4 Å². The van der Waals surface area contributed by atoms with Gasteiger partial charge in [-0.05, 0) is 53.9 Å². The fraction of sp³-hybridized carbons (Fsp3) is 0.185. The highest BCUT2D eigenvalue weighted by Crippen LogP contribution is 2.25. The van der Waals surface area contributed by atoms with Crippen molar-refractivity contribution in [2.75, 3.05) is 6.54 Å². The van der Waals surface area contributed by atoms with E-state index in [0.29, 0.717) is 34.8 Å². The molecule has 9 nitrogen and oxygen atoms in total. The second kappa shape index (κ2) is 13.1. The summed E-state index contributed by atoms with van der Waals surface area (Å²) in [6.07, 6.45) is 0.348. The molecule has 0 aromatic heterocycles. The van der Waals surface area contributed by atoms with Gasteiger partial charge >= 0.3 is 11.9 Å². The summed E-state index contributed by atoms with van der Waals surface area (Å²) < 4.78 is 5.40. The number of aliphatic imine (C=N–C) groups is 1. The summed E-state index contributed by atoms with van der Waals surface area (Å²) in [6.45, 7) is 0.432. The second-order valence-electron chi connectivity index (χ2n) is 8.17. The largest absolute Gasteiger partial charge is 0.481 e. The number of esters is 1. The number of ether oxygens (including phenoxy) is 1. The molecule has 0 unspecified atom stereocenters. The SMILES string of the molecule is NC(N)=Nc1ccc(C(=O)Oc2ccc(CCC(=O)N(CCC(=O)O)Cc3ccccc3)c(Cl)c2)cc1. The molecular formula is C27H27ClN4O5. The molecule has 37 heavy (non-hydrogen) atoms. The molecule has 192 valence electrons. The molecule has 0 aliphatic heterocycles. The monoisotopic (exact) mass is 522 g/mol. The number of halogens is 1. The van der Waals surface area contributed by atoms with Crippen LogP contribution in [-0.2, 0) is 22.6 Å². The van der Waals surface area contributed by atoms with Crippen LogP contribution in [0.1, 0.15) is 34.3 Å². The molecule has 0 atom stereocenters. The first-order valence-corrected chi connectivity index (χ1v) is 11.8. The van der Waals surface area contributed by atoms with E-state index in [1.54, 1.807) is 24.3 Å². The Morgan fingerprint density at radius 2 is 1.65 bits per heavy atom. The van der Waals surface area contributed by atoms with Crippen LogP contribution in [0.15, 0.2) is 77.8 Å². The molecule has 3 aromatic carbocycles. The molecular weight excluding hydrogens is 496 g/mol. The van der Waals surface area contributed by atoms with Crippen molar-refractivity contribution >= 4 is 41.1 Å². The molecule has 3 rings (SSSR count). The Hall–Kier alpha value is -4.37. The van der Waals surface area contributed by atoms with Gasteiger partial charge in [-0.3, -0.25) is 9.59 Å². The highest BCUT2D eigenvalue weighted by molar-refractivity contribution is 6.31. The van der Waals surface area contributed by atoms with E-state index in [9.17, 15) is 14.4 Å². The zero-order valence-electron chi connectivity index (χ0n) is 20.0. The van der Waals surface area contributed by atoms with Crippen LogP contribution in [0, 0.1) is 0 Å². The van der Waals surface area contributed by atoms with E-state index in [4.69, 9.17) is 32.9 Å². The van der Waals surface area contributed by atoms with Gasteiger partial charge in [-0.2, -0.15) is 0 Å². The highest BCUT2D eigenvalue weighted by atomic mass is 35.5. The van der Waals surface area contributed by atoms with Crippen LogP contribution in [0.4, 0.5) is 5.69 Å². The normalized spacial score (nSPS) is 10.4. The molecule has 0 saturated heterocycles. The van der Waals surface area contributed by atoms with Crippen LogP contribution in [0.3, 0.4) is 0 Å². The minimum atomic E-state index is -0.969. The lowest BCUT2D eigenvalue weighted by Crippen LogP contribution is -2.32. The molecule has 3 aromatic rings.